The topological polar surface area (TPSA) is 44.7 Å². The molecule has 1 aliphatic rings. The number of halogens is 3. The number of alkyl halides is 3. The molecular formula is C25H33F3N2O2. The molecule has 176 valence electrons. The van der Waals surface area contributed by atoms with E-state index in [1.54, 1.807) is 0 Å². The average molecular weight is 451 g/mol. The lowest BCUT2D eigenvalue weighted by atomic mass is 10.0. The Balaban J connectivity index is 1.40. The zero-order valence-electron chi connectivity index (χ0n) is 18.6. The first-order valence-corrected chi connectivity index (χ1v) is 11.3. The van der Waals surface area contributed by atoms with Gasteiger partial charge in [-0.3, -0.25) is 4.90 Å². The Kier molecular flexibility index (Phi) is 8.96. The first-order valence-electron chi connectivity index (χ1n) is 11.3. The normalized spacial score (nSPS) is 17.2. The van der Waals surface area contributed by atoms with E-state index < -0.39 is 17.8 Å². The van der Waals surface area contributed by atoms with E-state index in [0.717, 1.165) is 49.5 Å². The number of aliphatic hydroxyl groups excluding tert-OH is 1. The zero-order chi connectivity index (χ0) is 23.0. The van der Waals surface area contributed by atoms with E-state index in [0.29, 0.717) is 6.61 Å². The largest absolute Gasteiger partial charge is 0.492 e. The standard InChI is InChI=1S/C25H33F3N2O2/c1-19(29-18-24(31)21-6-5-7-22(17-21)25(26,27)28)16-20-8-10-23(11-9-20)32-15-14-30-12-3-2-4-13-30/h5-11,17,19,24,29,31H,2-4,12-16,18H2,1H3. The fourth-order valence-electron chi connectivity index (χ4n) is 3.98. The van der Waals surface area contributed by atoms with Gasteiger partial charge < -0.3 is 15.2 Å². The van der Waals surface area contributed by atoms with Gasteiger partial charge in [-0.2, -0.15) is 13.2 Å². The van der Waals surface area contributed by atoms with Gasteiger partial charge in [-0.15, -0.1) is 0 Å². The van der Waals surface area contributed by atoms with E-state index >= 15 is 0 Å². The van der Waals surface area contributed by atoms with Crippen molar-refractivity contribution >= 4 is 0 Å². The molecule has 0 aromatic heterocycles. The second kappa shape index (κ2) is 11.7. The number of likely N-dealkylation sites (tertiary alicyclic amines) is 1. The third kappa shape index (κ3) is 7.80. The second-order valence-corrected chi connectivity index (χ2v) is 8.55. The smallest absolute Gasteiger partial charge is 0.416 e. The van der Waals surface area contributed by atoms with E-state index in [9.17, 15) is 18.3 Å². The molecule has 0 bridgehead atoms. The number of hydrogen-bond donors (Lipinski definition) is 2. The molecule has 0 amide bonds. The van der Waals surface area contributed by atoms with Crippen molar-refractivity contribution in [3.8, 4) is 5.75 Å². The Labute approximate surface area is 188 Å². The maximum Gasteiger partial charge on any atom is 0.416 e. The van der Waals surface area contributed by atoms with Gasteiger partial charge in [0, 0.05) is 19.1 Å². The van der Waals surface area contributed by atoms with Gasteiger partial charge in [-0.05, 0) is 74.7 Å². The minimum atomic E-state index is -4.42. The Morgan fingerprint density at radius 2 is 1.78 bits per heavy atom. The molecule has 0 saturated carbocycles. The highest BCUT2D eigenvalue weighted by atomic mass is 19.4. The molecule has 1 saturated heterocycles. The monoisotopic (exact) mass is 450 g/mol. The third-order valence-corrected chi connectivity index (χ3v) is 5.85. The minimum absolute atomic E-state index is 0.0568. The molecule has 1 aliphatic heterocycles. The zero-order valence-corrected chi connectivity index (χ0v) is 18.6. The van der Waals surface area contributed by atoms with Gasteiger partial charge in [0.25, 0.3) is 0 Å². The minimum Gasteiger partial charge on any atom is -0.492 e. The number of nitrogens with one attached hydrogen (secondary N) is 1. The van der Waals surface area contributed by atoms with E-state index in [1.165, 1.54) is 31.4 Å². The predicted molar refractivity (Wildman–Crippen MR) is 120 cm³/mol. The summed E-state index contributed by atoms with van der Waals surface area (Å²) in [6.45, 7) is 6.13. The first kappa shape index (κ1) is 24.6. The number of hydrogen-bond acceptors (Lipinski definition) is 4. The number of piperidine rings is 1. The predicted octanol–water partition coefficient (Wildman–Crippen LogP) is 4.82. The van der Waals surface area contributed by atoms with E-state index in [1.807, 2.05) is 31.2 Å². The van der Waals surface area contributed by atoms with Crippen molar-refractivity contribution in [3.63, 3.8) is 0 Å². The van der Waals surface area contributed by atoms with Crippen LogP contribution in [0.5, 0.6) is 5.75 Å². The molecule has 0 aliphatic carbocycles. The molecule has 2 unspecified atom stereocenters. The second-order valence-electron chi connectivity index (χ2n) is 8.55. The Morgan fingerprint density at radius 3 is 2.47 bits per heavy atom. The van der Waals surface area contributed by atoms with Crippen LogP contribution in [0.25, 0.3) is 0 Å². The number of benzene rings is 2. The SMILES string of the molecule is CC(Cc1ccc(OCCN2CCCCC2)cc1)NCC(O)c1cccc(C(F)(F)F)c1. The highest BCUT2D eigenvalue weighted by Gasteiger charge is 2.30. The van der Waals surface area contributed by atoms with Crippen LogP contribution in [-0.4, -0.2) is 48.8 Å². The van der Waals surface area contributed by atoms with Crippen LogP contribution in [0, 0.1) is 0 Å². The summed E-state index contributed by atoms with van der Waals surface area (Å²) < 4.78 is 44.4. The molecular weight excluding hydrogens is 417 g/mol. The summed E-state index contributed by atoms with van der Waals surface area (Å²) in [4.78, 5) is 2.44. The van der Waals surface area contributed by atoms with Gasteiger partial charge in [0.05, 0.1) is 11.7 Å². The lowest BCUT2D eigenvalue weighted by Gasteiger charge is -2.26. The van der Waals surface area contributed by atoms with Crippen molar-refractivity contribution in [1.82, 2.24) is 10.2 Å². The van der Waals surface area contributed by atoms with Crippen LogP contribution in [0.2, 0.25) is 0 Å². The van der Waals surface area contributed by atoms with Crippen LogP contribution in [0.1, 0.15) is 49.0 Å². The molecule has 4 nitrogen and oxygen atoms in total. The molecule has 3 rings (SSSR count). The molecule has 0 spiro atoms. The average Bonchev–Trinajstić information content (AvgIpc) is 2.79. The summed E-state index contributed by atoms with van der Waals surface area (Å²) >= 11 is 0. The van der Waals surface area contributed by atoms with E-state index in [4.69, 9.17) is 4.74 Å². The van der Waals surface area contributed by atoms with Crippen molar-refractivity contribution in [2.24, 2.45) is 0 Å². The van der Waals surface area contributed by atoms with E-state index in [-0.39, 0.29) is 18.2 Å². The van der Waals surface area contributed by atoms with Gasteiger partial charge in [-0.1, -0.05) is 30.7 Å². The molecule has 1 heterocycles. The molecule has 2 aromatic carbocycles. The molecule has 2 aromatic rings. The van der Waals surface area contributed by atoms with Gasteiger partial charge in [0.2, 0.25) is 0 Å². The molecule has 32 heavy (non-hydrogen) atoms. The van der Waals surface area contributed by atoms with Gasteiger partial charge in [0.15, 0.2) is 0 Å². The molecule has 0 radical (unpaired) electrons. The first-order chi connectivity index (χ1) is 15.3. The fourth-order valence-corrected chi connectivity index (χ4v) is 3.98. The summed E-state index contributed by atoms with van der Waals surface area (Å²) in [6.07, 6.45) is -0.801. The van der Waals surface area contributed by atoms with Crippen LogP contribution in [0.4, 0.5) is 13.2 Å². The van der Waals surface area contributed by atoms with Crippen LogP contribution in [0.15, 0.2) is 48.5 Å². The Morgan fingerprint density at radius 1 is 1.06 bits per heavy atom. The summed E-state index contributed by atoms with van der Waals surface area (Å²) in [7, 11) is 0. The molecule has 2 N–H and O–H groups in total. The lowest BCUT2D eigenvalue weighted by molar-refractivity contribution is -0.137. The number of aliphatic hydroxyl groups is 1. The van der Waals surface area contributed by atoms with Crippen LogP contribution in [-0.2, 0) is 12.6 Å². The Bertz CT molecular complexity index is 821. The van der Waals surface area contributed by atoms with Gasteiger partial charge in [-0.25, -0.2) is 0 Å². The van der Waals surface area contributed by atoms with Crippen LogP contribution in [0.3, 0.4) is 0 Å². The summed E-state index contributed by atoms with van der Waals surface area (Å²) in [5.41, 5.74) is 0.632. The number of ether oxygens (including phenoxy) is 1. The highest BCUT2D eigenvalue weighted by Crippen LogP contribution is 2.30. The lowest BCUT2D eigenvalue weighted by Crippen LogP contribution is -2.33. The third-order valence-electron chi connectivity index (χ3n) is 5.85. The number of nitrogens with zero attached hydrogens (tertiary/aromatic N) is 1. The maximum absolute atomic E-state index is 12.9. The van der Waals surface area contributed by atoms with Crippen molar-refractivity contribution in [2.75, 3.05) is 32.8 Å². The van der Waals surface area contributed by atoms with Crippen molar-refractivity contribution < 1.29 is 23.0 Å². The highest BCUT2D eigenvalue weighted by molar-refractivity contribution is 5.28. The van der Waals surface area contributed by atoms with Gasteiger partial charge >= 0.3 is 6.18 Å². The number of rotatable bonds is 10. The van der Waals surface area contributed by atoms with Crippen molar-refractivity contribution in [1.29, 1.82) is 0 Å². The van der Waals surface area contributed by atoms with Gasteiger partial charge in [0.1, 0.15) is 12.4 Å². The maximum atomic E-state index is 12.9. The molecule has 2 atom stereocenters. The van der Waals surface area contributed by atoms with Crippen molar-refractivity contribution in [3.05, 3.63) is 65.2 Å². The van der Waals surface area contributed by atoms with Crippen LogP contribution >= 0.6 is 0 Å². The summed E-state index contributed by atoms with van der Waals surface area (Å²) in [6, 6.07) is 12.9. The van der Waals surface area contributed by atoms with Crippen molar-refractivity contribution in [2.45, 2.75) is 50.9 Å². The quantitative estimate of drug-likeness (QED) is 0.545. The summed E-state index contributed by atoms with van der Waals surface area (Å²) in [5.74, 6) is 0.853. The van der Waals surface area contributed by atoms with E-state index in [2.05, 4.69) is 10.2 Å². The fraction of sp³-hybridized carbons (Fsp3) is 0.520. The molecule has 7 heteroatoms. The Hall–Kier alpha value is -2.09. The molecule has 1 fully saturated rings. The summed E-state index contributed by atoms with van der Waals surface area (Å²) in [5, 5.41) is 13.5. The van der Waals surface area contributed by atoms with Crippen LogP contribution < -0.4 is 10.1 Å².